The van der Waals surface area contributed by atoms with Gasteiger partial charge in [0.05, 0.1) is 13.5 Å². The fraction of sp³-hybridized carbons (Fsp3) is 0.688. The Hall–Kier alpha value is -1.65. The molecular formula is C16H23N3O2. The summed E-state index contributed by atoms with van der Waals surface area (Å²) in [6.07, 6.45) is 10.1. The van der Waals surface area contributed by atoms with E-state index in [1.165, 1.54) is 37.6 Å². The van der Waals surface area contributed by atoms with Crippen LogP contribution in [0.5, 0.6) is 0 Å². The van der Waals surface area contributed by atoms with Gasteiger partial charge in [0, 0.05) is 23.8 Å². The van der Waals surface area contributed by atoms with Crippen molar-refractivity contribution in [2.45, 2.75) is 57.4 Å². The van der Waals surface area contributed by atoms with E-state index >= 15 is 0 Å². The minimum atomic E-state index is -0.130. The molecule has 0 N–H and O–H groups in total. The molecule has 21 heavy (non-hydrogen) atoms. The molecule has 1 aliphatic carbocycles. The van der Waals surface area contributed by atoms with E-state index in [2.05, 4.69) is 14.9 Å². The highest BCUT2D eigenvalue weighted by Gasteiger charge is 2.29. The number of aryl methyl sites for hydroxylation is 1. The van der Waals surface area contributed by atoms with Crippen molar-refractivity contribution in [1.29, 1.82) is 0 Å². The Labute approximate surface area is 125 Å². The normalized spacial score (nSPS) is 21.8. The van der Waals surface area contributed by atoms with Crippen molar-refractivity contribution in [1.82, 2.24) is 9.97 Å². The first-order valence-corrected chi connectivity index (χ1v) is 7.96. The number of hydrogen-bond acceptors (Lipinski definition) is 5. The smallest absolute Gasteiger partial charge is 0.307 e. The average molecular weight is 289 g/mol. The van der Waals surface area contributed by atoms with Gasteiger partial charge in [0.1, 0.15) is 12.1 Å². The lowest BCUT2D eigenvalue weighted by Crippen LogP contribution is -2.42. The lowest BCUT2D eigenvalue weighted by atomic mass is 9.93. The summed E-state index contributed by atoms with van der Waals surface area (Å²) in [4.78, 5) is 23.0. The first-order chi connectivity index (χ1) is 10.3. The SMILES string of the molecule is COC(=O)CC1CCCCN1c1ncnc2c1CCCC2. The van der Waals surface area contributed by atoms with Gasteiger partial charge in [-0.05, 0) is 44.9 Å². The molecule has 1 unspecified atom stereocenters. The van der Waals surface area contributed by atoms with Crippen LogP contribution in [0.25, 0.3) is 0 Å². The molecule has 5 nitrogen and oxygen atoms in total. The number of carbonyl (C=O) groups excluding carboxylic acids is 1. The third-order valence-corrected chi connectivity index (χ3v) is 4.63. The Morgan fingerprint density at radius 3 is 3.00 bits per heavy atom. The Bertz CT molecular complexity index is 518. The van der Waals surface area contributed by atoms with E-state index in [0.29, 0.717) is 6.42 Å². The van der Waals surface area contributed by atoms with Gasteiger partial charge in [-0.15, -0.1) is 0 Å². The summed E-state index contributed by atoms with van der Waals surface area (Å²) in [6.45, 7) is 0.977. The van der Waals surface area contributed by atoms with Gasteiger partial charge in [0.25, 0.3) is 0 Å². The number of methoxy groups -OCH3 is 1. The third-order valence-electron chi connectivity index (χ3n) is 4.63. The van der Waals surface area contributed by atoms with Crippen LogP contribution in [-0.2, 0) is 22.4 Å². The molecular weight excluding hydrogens is 266 g/mol. The first-order valence-electron chi connectivity index (χ1n) is 7.96. The van der Waals surface area contributed by atoms with Gasteiger partial charge in [0.15, 0.2) is 0 Å². The number of piperidine rings is 1. The van der Waals surface area contributed by atoms with Crippen LogP contribution in [-0.4, -0.2) is 35.6 Å². The van der Waals surface area contributed by atoms with Crippen LogP contribution >= 0.6 is 0 Å². The molecule has 2 aliphatic rings. The fourth-order valence-corrected chi connectivity index (χ4v) is 3.52. The van der Waals surface area contributed by atoms with Crippen molar-refractivity contribution in [3.8, 4) is 0 Å². The topological polar surface area (TPSA) is 55.3 Å². The summed E-state index contributed by atoms with van der Waals surface area (Å²) in [5.41, 5.74) is 2.51. The molecule has 5 heteroatoms. The van der Waals surface area contributed by atoms with Crippen molar-refractivity contribution in [3.63, 3.8) is 0 Å². The Morgan fingerprint density at radius 1 is 1.29 bits per heavy atom. The van der Waals surface area contributed by atoms with Gasteiger partial charge < -0.3 is 9.64 Å². The zero-order chi connectivity index (χ0) is 14.7. The van der Waals surface area contributed by atoms with Gasteiger partial charge in [-0.25, -0.2) is 9.97 Å². The standard InChI is InChI=1S/C16H23N3O2/c1-21-15(20)10-12-6-4-5-9-19(12)16-13-7-2-3-8-14(13)17-11-18-16/h11-12H,2-10H2,1H3. The van der Waals surface area contributed by atoms with E-state index in [4.69, 9.17) is 4.74 Å². The zero-order valence-corrected chi connectivity index (χ0v) is 12.7. The van der Waals surface area contributed by atoms with Crippen LogP contribution in [0.1, 0.15) is 49.8 Å². The number of fused-ring (bicyclic) bond motifs is 1. The summed E-state index contributed by atoms with van der Waals surface area (Å²) < 4.78 is 4.85. The van der Waals surface area contributed by atoms with Gasteiger partial charge in [-0.3, -0.25) is 4.79 Å². The molecule has 2 heterocycles. The van der Waals surface area contributed by atoms with Gasteiger partial charge in [0.2, 0.25) is 0 Å². The largest absolute Gasteiger partial charge is 0.469 e. The molecule has 1 aliphatic heterocycles. The number of ether oxygens (including phenoxy) is 1. The minimum Gasteiger partial charge on any atom is -0.469 e. The lowest BCUT2D eigenvalue weighted by Gasteiger charge is -2.37. The molecule has 1 atom stereocenters. The summed E-state index contributed by atoms with van der Waals surface area (Å²) in [7, 11) is 1.46. The summed E-state index contributed by atoms with van der Waals surface area (Å²) in [5.74, 6) is 0.933. The lowest BCUT2D eigenvalue weighted by molar-refractivity contribution is -0.141. The number of anilines is 1. The first kappa shape index (κ1) is 14.3. The van der Waals surface area contributed by atoms with Crippen LogP contribution in [0.15, 0.2) is 6.33 Å². The molecule has 0 amide bonds. The molecule has 1 fully saturated rings. The summed E-state index contributed by atoms with van der Waals surface area (Å²) in [6, 6.07) is 0.215. The average Bonchev–Trinajstić information content (AvgIpc) is 2.55. The highest BCUT2D eigenvalue weighted by Crippen LogP contribution is 2.32. The van der Waals surface area contributed by atoms with Crippen molar-refractivity contribution >= 4 is 11.8 Å². The minimum absolute atomic E-state index is 0.130. The molecule has 0 radical (unpaired) electrons. The molecule has 0 bridgehead atoms. The summed E-state index contributed by atoms with van der Waals surface area (Å²) >= 11 is 0. The third kappa shape index (κ3) is 3.01. The number of nitrogens with zero attached hydrogens (tertiary/aromatic N) is 3. The number of esters is 1. The molecule has 0 saturated carbocycles. The fourth-order valence-electron chi connectivity index (χ4n) is 3.52. The van der Waals surface area contributed by atoms with Crippen molar-refractivity contribution in [2.75, 3.05) is 18.6 Å². The molecule has 0 aromatic carbocycles. The number of aromatic nitrogens is 2. The second-order valence-electron chi connectivity index (χ2n) is 5.95. The van der Waals surface area contributed by atoms with E-state index in [1.807, 2.05) is 0 Å². The Morgan fingerprint density at radius 2 is 2.14 bits per heavy atom. The van der Waals surface area contributed by atoms with E-state index < -0.39 is 0 Å². The quantitative estimate of drug-likeness (QED) is 0.799. The number of carbonyl (C=O) groups is 1. The van der Waals surface area contributed by atoms with Crippen LogP contribution in [0.3, 0.4) is 0 Å². The maximum Gasteiger partial charge on any atom is 0.307 e. The van der Waals surface area contributed by atoms with Crippen LogP contribution in [0.2, 0.25) is 0 Å². The summed E-state index contributed by atoms with van der Waals surface area (Å²) in [5, 5.41) is 0. The van der Waals surface area contributed by atoms with Crippen molar-refractivity contribution < 1.29 is 9.53 Å². The maximum atomic E-state index is 11.7. The Balaban J connectivity index is 1.88. The van der Waals surface area contributed by atoms with E-state index in [-0.39, 0.29) is 12.0 Å². The predicted molar refractivity (Wildman–Crippen MR) is 80.3 cm³/mol. The maximum absolute atomic E-state index is 11.7. The van der Waals surface area contributed by atoms with Gasteiger partial charge >= 0.3 is 5.97 Å². The van der Waals surface area contributed by atoms with Crippen LogP contribution < -0.4 is 4.90 Å². The molecule has 1 saturated heterocycles. The van der Waals surface area contributed by atoms with Crippen LogP contribution in [0.4, 0.5) is 5.82 Å². The predicted octanol–water partition coefficient (Wildman–Crippen LogP) is 2.28. The molecule has 1 aromatic rings. The molecule has 3 rings (SSSR count). The number of rotatable bonds is 3. The highest BCUT2D eigenvalue weighted by atomic mass is 16.5. The molecule has 114 valence electrons. The van der Waals surface area contributed by atoms with Crippen LogP contribution in [0, 0.1) is 0 Å². The second kappa shape index (κ2) is 6.41. The molecule has 1 aromatic heterocycles. The monoisotopic (exact) mass is 289 g/mol. The van der Waals surface area contributed by atoms with Gasteiger partial charge in [-0.2, -0.15) is 0 Å². The highest BCUT2D eigenvalue weighted by molar-refractivity contribution is 5.71. The molecule has 0 spiro atoms. The van der Waals surface area contributed by atoms with E-state index in [9.17, 15) is 4.79 Å². The Kier molecular flexibility index (Phi) is 4.36. The number of hydrogen-bond donors (Lipinski definition) is 0. The zero-order valence-electron chi connectivity index (χ0n) is 12.7. The van der Waals surface area contributed by atoms with E-state index in [0.717, 1.165) is 38.0 Å². The second-order valence-corrected chi connectivity index (χ2v) is 5.95. The van der Waals surface area contributed by atoms with Crippen molar-refractivity contribution in [2.24, 2.45) is 0 Å². The van der Waals surface area contributed by atoms with Gasteiger partial charge in [-0.1, -0.05) is 0 Å². The van der Waals surface area contributed by atoms with E-state index in [1.54, 1.807) is 6.33 Å². The van der Waals surface area contributed by atoms with Crippen molar-refractivity contribution in [3.05, 3.63) is 17.6 Å².